The van der Waals surface area contributed by atoms with Crippen molar-refractivity contribution in [1.82, 2.24) is 19.6 Å². The first-order chi connectivity index (χ1) is 19.5. The number of nitrogens with zero attached hydrogens (tertiary/aromatic N) is 4. The van der Waals surface area contributed by atoms with Crippen LogP contribution in [0.2, 0.25) is 0 Å². The molecular weight excluding hydrogens is 560 g/mol. The van der Waals surface area contributed by atoms with E-state index in [9.17, 15) is 4.79 Å². The van der Waals surface area contributed by atoms with Crippen molar-refractivity contribution in [1.29, 1.82) is 0 Å². The summed E-state index contributed by atoms with van der Waals surface area (Å²) in [6.45, 7) is 9.89. The van der Waals surface area contributed by atoms with E-state index in [0.717, 1.165) is 35.5 Å². The summed E-state index contributed by atoms with van der Waals surface area (Å²) in [4.78, 5) is 17.2. The zero-order chi connectivity index (χ0) is 27.6. The topological polar surface area (TPSA) is 41.4 Å². The maximum absolute atomic E-state index is 11.8. The largest absolute Gasteiger partial charge is 0.300 e. The average molecular weight is 604 g/mol. The second-order valence-electron chi connectivity index (χ2n) is 12.6. The third-order valence-corrected chi connectivity index (χ3v) is 10.3. The highest BCUT2D eigenvalue weighted by molar-refractivity contribution is 9.10. The SMILES string of the molecule is C[C@H]1CCCN1C[C@@H]1C[C@H]1c1ccc(Br)cc1.C[C@H]1CCCN1C[C@H]1C[C@@H]1c1ccc(-n2ncccc2=O)cc1. The molecule has 0 bridgehead atoms. The van der Waals surface area contributed by atoms with Gasteiger partial charge in [-0.2, -0.15) is 9.78 Å². The van der Waals surface area contributed by atoms with Crippen LogP contribution in [0.25, 0.3) is 5.69 Å². The van der Waals surface area contributed by atoms with Crippen molar-refractivity contribution in [3.8, 4) is 5.69 Å². The van der Waals surface area contributed by atoms with E-state index >= 15 is 0 Å². The lowest BCUT2D eigenvalue weighted by Gasteiger charge is -2.20. The number of aromatic nitrogens is 2. The van der Waals surface area contributed by atoms with E-state index in [-0.39, 0.29) is 5.56 Å². The lowest BCUT2D eigenvalue weighted by molar-refractivity contribution is 0.256. The van der Waals surface area contributed by atoms with E-state index in [1.165, 1.54) is 91.1 Å². The number of hydrogen-bond acceptors (Lipinski definition) is 4. The predicted molar refractivity (Wildman–Crippen MR) is 166 cm³/mol. The molecular formula is C34H43BrN4O. The van der Waals surface area contributed by atoms with Crippen LogP contribution in [0.5, 0.6) is 0 Å². The van der Waals surface area contributed by atoms with Crippen LogP contribution in [0.3, 0.4) is 0 Å². The van der Waals surface area contributed by atoms with Crippen LogP contribution in [0, 0.1) is 11.8 Å². The van der Waals surface area contributed by atoms with Crippen LogP contribution in [0.1, 0.15) is 75.3 Å². The summed E-state index contributed by atoms with van der Waals surface area (Å²) in [6, 6.07) is 22.0. The third-order valence-electron chi connectivity index (χ3n) is 9.74. The number of hydrogen-bond donors (Lipinski definition) is 0. The maximum atomic E-state index is 11.8. The van der Waals surface area contributed by atoms with Crippen LogP contribution in [0.15, 0.2) is 76.1 Å². The number of rotatable bonds is 7. The Morgan fingerprint density at radius 1 is 0.775 bits per heavy atom. The minimum Gasteiger partial charge on any atom is -0.300 e. The van der Waals surface area contributed by atoms with Gasteiger partial charge in [-0.25, -0.2) is 0 Å². The summed E-state index contributed by atoms with van der Waals surface area (Å²) >= 11 is 3.50. The summed E-state index contributed by atoms with van der Waals surface area (Å²) < 4.78 is 2.63. The molecule has 2 aliphatic carbocycles. The fraction of sp³-hybridized carbons (Fsp3) is 0.529. The van der Waals surface area contributed by atoms with Gasteiger partial charge in [0.05, 0.1) is 5.69 Å². The van der Waals surface area contributed by atoms with E-state index < -0.39 is 0 Å². The van der Waals surface area contributed by atoms with E-state index in [0.29, 0.717) is 5.92 Å². The predicted octanol–water partition coefficient (Wildman–Crippen LogP) is 6.86. The Bertz CT molecular complexity index is 1320. The van der Waals surface area contributed by atoms with Crippen LogP contribution in [-0.4, -0.2) is 57.8 Å². The molecule has 3 heterocycles. The van der Waals surface area contributed by atoms with Gasteiger partial charge in [0.25, 0.3) is 5.56 Å². The van der Waals surface area contributed by atoms with Crippen LogP contribution in [0.4, 0.5) is 0 Å². The summed E-state index contributed by atoms with van der Waals surface area (Å²) in [5, 5.41) is 4.13. The zero-order valence-electron chi connectivity index (χ0n) is 24.0. The molecule has 2 saturated carbocycles. The Kier molecular flexibility index (Phi) is 8.57. The zero-order valence-corrected chi connectivity index (χ0v) is 25.5. The van der Waals surface area contributed by atoms with Crippen molar-refractivity contribution < 1.29 is 0 Å². The number of benzene rings is 2. The molecule has 4 aliphatic rings. The van der Waals surface area contributed by atoms with Gasteiger partial charge in [-0.15, -0.1) is 0 Å². The van der Waals surface area contributed by atoms with Gasteiger partial charge in [0.1, 0.15) is 0 Å². The molecule has 2 aromatic carbocycles. The highest BCUT2D eigenvalue weighted by Crippen LogP contribution is 2.49. The maximum Gasteiger partial charge on any atom is 0.271 e. The van der Waals surface area contributed by atoms with Gasteiger partial charge in [-0.3, -0.25) is 4.79 Å². The first kappa shape index (κ1) is 27.9. The quantitative estimate of drug-likeness (QED) is 0.296. The molecule has 40 heavy (non-hydrogen) atoms. The molecule has 5 nitrogen and oxygen atoms in total. The normalized spacial score (nSPS) is 29.7. The van der Waals surface area contributed by atoms with Crippen LogP contribution >= 0.6 is 15.9 Å². The molecule has 0 amide bonds. The summed E-state index contributed by atoms with van der Waals surface area (Å²) in [6.07, 6.45) is 9.84. The van der Waals surface area contributed by atoms with Gasteiger partial charge in [0, 0.05) is 41.9 Å². The smallest absolute Gasteiger partial charge is 0.271 e. The molecule has 4 fully saturated rings. The fourth-order valence-electron chi connectivity index (χ4n) is 6.97. The Morgan fingerprint density at radius 2 is 1.30 bits per heavy atom. The van der Waals surface area contributed by atoms with Gasteiger partial charge in [-0.1, -0.05) is 40.2 Å². The van der Waals surface area contributed by atoms with Crippen molar-refractivity contribution in [3.63, 3.8) is 0 Å². The van der Waals surface area contributed by atoms with Gasteiger partial charge >= 0.3 is 0 Å². The molecule has 2 saturated heterocycles. The van der Waals surface area contributed by atoms with Crippen molar-refractivity contribution in [2.75, 3.05) is 26.2 Å². The summed E-state index contributed by atoms with van der Waals surface area (Å²) in [5.41, 5.74) is 3.68. The average Bonchev–Trinajstić information content (AvgIpc) is 3.83. The highest BCUT2D eigenvalue weighted by atomic mass is 79.9. The van der Waals surface area contributed by atoms with Crippen molar-refractivity contribution in [2.45, 2.75) is 76.3 Å². The molecule has 7 rings (SSSR count). The Hall–Kier alpha value is -2.28. The standard InChI is InChI=1S/C19H23N3O.C15H20BrN/c1-14-4-3-11-21(14)13-16-12-18(16)15-6-8-17(9-7-15)22-19(23)5-2-10-20-22;1-11-3-2-8-17(11)10-13-9-15(13)12-4-6-14(16)7-5-12/h2,5-10,14,16,18H,3-4,11-13H2,1H3;4-7,11,13,15H,2-3,8-10H2,1H3/t14-,16+,18+;11-,13-,15-/m00/s1. The molecule has 0 radical (unpaired) electrons. The fourth-order valence-corrected chi connectivity index (χ4v) is 7.23. The van der Waals surface area contributed by atoms with Crippen molar-refractivity contribution in [3.05, 3.63) is 92.8 Å². The number of halogens is 1. The van der Waals surface area contributed by atoms with Gasteiger partial charge < -0.3 is 9.80 Å². The van der Waals surface area contributed by atoms with Gasteiger partial charge in [0.2, 0.25) is 0 Å². The van der Waals surface area contributed by atoms with E-state index in [4.69, 9.17) is 0 Å². The van der Waals surface area contributed by atoms with Crippen molar-refractivity contribution >= 4 is 15.9 Å². The van der Waals surface area contributed by atoms with Crippen LogP contribution in [-0.2, 0) is 0 Å². The molecule has 0 spiro atoms. The van der Waals surface area contributed by atoms with Gasteiger partial charge in [-0.05, 0) is 131 Å². The molecule has 2 aliphatic heterocycles. The monoisotopic (exact) mass is 602 g/mol. The first-order valence-electron chi connectivity index (χ1n) is 15.3. The minimum absolute atomic E-state index is 0.0902. The lowest BCUT2D eigenvalue weighted by atomic mass is 10.1. The third kappa shape index (κ3) is 6.61. The second kappa shape index (κ2) is 12.3. The molecule has 212 valence electrons. The molecule has 6 heteroatoms. The highest BCUT2D eigenvalue weighted by Gasteiger charge is 2.41. The molecule has 0 unspecified atom stereocenters. The Morgan fingerprint density at radius 3 is 1.77 bits per heavy atom. The molecule has 0 N–H and O–H groups in total. The number of likely N-dealkylation sites (tertiary alicyclic amines) is 2. The minimum atomic E-state index is -0.0902. The second-order valence-corrected chi connectivity index (χ2v) is 13.5. The summed E-state index contributed by atoms with van der Waals surface area (Å²) in [5.74, 6) is 3.24. The van der Waals surface area contributed by atoms with Crippen LogP contribution < -0.4 is 5.56 Å². The van der Waals surface area contributed by atoms with E-state index in [2.05, 4.69) is 81.1 Å². The molecule has 6 atom stereocenters. The van der Waals surface area contributed by atoms with Crippen molar-refractivity contribution in [2.24, 2.45) is 11.8 Å². The van der Waals surface area contributed by atoms with Gasteiger partial charge in [0.15, 0.2) is 0 Å². The van der Waals surface area contributed by atoms with E-state index in [1.54, 1.807) is 12.3 Å². The first-order valence-corrected chi connectivity index (χ1v) is 16.1. The Balaban J connectivity index is 0.000000151. The Labute approximate surface area is 247 Å². The van der Waals surface area contributed by atoms with E-state index in [1.807, 2.05) is 12.1 Å². The summed E-state index contributed by atoms with van der Waals surface area (Å²) in [7, 11) is 0. The molecule has 1 aromatic heterocycles. The molecule has 3 aromatic rings. The lowest BCUT2D eigenvalue weighted by Crippen LogP contribution is -2.29.